The number of rotatable bonds is 4. The van der Waals surface area contributed by atoms with E-state index in [1.54, 1.807) is 18.9 Å². The van der Waals surface area contributed by atoms with Crippen LogP contribution in [0.3, 0.4) is 0 Å². The normalized spacial score (nSPS) is 17.0. The molecule has 1 heterocycles. The number of benzene rings is 1. The van der Waals surface area contributed by atoms with E-state index in [1.165, 1.54) is 17.3 Å². The summed E-state index contributed by atoms with van der Waals surface area (Å²) < 4.78 is 28.1. The maximum atomic E-state index is 13.8. The molecule has 0 atom stereocenters. The van der Waals surface area contributed by atoms with Gasteiger partial charge >= 0.3 is 17.1 Å². The molecule has 7 heteroatoms. The van der Waals surface area contributed by atoms with Gasteiger partial charge in [-0.15, -0.1) is 0 Å². The van der Waals surface area contributed by atoms with Crippen LogP contribution in [0.25, 0.3) is 5.70 Å². The first-order chi connectivity index (χ1) is 13.1. The van der Waals surface area contributed by atoms with Gasteiger partial charge in [0.15, 0.2) is 0 Å². The summed E-state index contributed by atoms with van der Waals surface area (Å²) in [5.74, 6) is -1.50. The van der Waals surface area contributed by atoms with Crippen LogP contribution < -0.4 is 0 Å². The minimum Gasteiger partial charge on any atom is -0.287 e. The van der Waals surface area contributed by atoms with Gasteiger partial charge in [0.1, 0.15) is 30.0 Å². The Morgan fingerprint density at radius 2 is 1.61 bits per heavy atom. The molecule has 28 heavy (non-hydrogen) atoms. The Balaban J connectivity index is 0.000000408. The van der Waals surface area contributed by atoms with Crippen molar-refractivity contribution in [3.63, 3.8) is 0 Å². The zero-order chi connectivity index (χ0) is 19.1. The van der Waals surface area contributed by atoms with E-state index in [4.69, 9.17) is 0 Å². The summed E-state index contributed by atoms with van der Waals surface area (Å²) in [5, 5.41) is 3.91. The minimum absolute atomic E-state index is 0. The van der Waals surface area contributed by atoms with Crippen molar-refractivity contribution in [2.75, 3.05) is 0 Å². The van der Waals surface area contributed by atoms with Gasteiger partial charge in [0.05, 0.1) is 5.56 Å². The van der Waals surface area contributed by atoms with Crippen LogP contribution in [0.2, 0.25) is 0 Å². The third kappa shape index (κ3) is 6.08. The second-order valence-electron chi connectivity index (χ2n) is 5.50. The minimum atomic E-state index is -0.918. The number of hydrogen-bond acceptors (Lipinski definition) is 3. The van der Waals surface area contributed by atoms with Crippen molar-refractivity contribution in [1.82, 2.24) is 14.8 Å². The summed E-state index contributed by atoms with van der Waals surface area (Å²) >= 11 is 0. The SMILES string of the molecule is O=C(/C(=C/[C]1[CH][CH][CH][CH]1)n1cncn1)c1ccc(F)cc1F.[CH]1[CH][CH][CH][CH]1.[Fe+2]. The molecule has 2 saturated carbocycles. The molecule has 0 bridgehead atoms. The molecule has 0 amide bonds. The third-order valence-corrected chi connectivity index (χ3v) is 3.62. The summed E-state index contributed by atoms with van der Waals surface area (Å²) in [6.45, 7) is 0. The van der Waals surface area contributed by atoms with Crippen LogP contribution in [0.15, 0.2) is 36.9 Å². The number of hydrogen-bond donors (Lipinski definition) is 0. The van der Waals surface area contributed by atoms with Crippen LogP contribution in [0, 0.1) is 75.3 Å². The number of ketones is 1. The molecular weight excluding hydrogens is 404 g/mol. The van der Waals surface area contributed by atoms with E-state index in [9.17, 15) is 13.6 Å². The first kappa shape index (κ1) is 22.4. The monoisotopic (exact) mass is 419 g/mol. The topological polar surface area (TPSA) is 47.8 Å². The number of carbonyl (C=O) groups is 1. The maximum Gasteiger partial charge on any atom is 2.00 e. The van der Waals surface area contributed by atoms with Crippen LogP contribution in [0.4, 0.5) is 8.78 Å². The second kappa shape index (κ2) is 11.2. The Hall–Kier alpha value is -1.85. The molecule has 2 fully saturated rings. The summed E-state index contributed by atoms with van der Waals surface area (Å²) in [6.07, 6.45) is 21.4. The molecule has 4 nitrogen and oxygen atoms in total. The number of aromatic nitrogens is 3. The molecule has 1 aromatic carbocycles. The summed E-state index contributed by atoms with van der Waals surface area (Å²) in [7, 11) is 0. The van der Waals surface area contributed by atoms with Gasteiger partial charge in [-0.2, -0.15) is 5.10 Å². The fourth-order valence-electron chi connectivity index (χ4n) is 2.34. The van der Waals surface area contributed by atoms with Gasteiger partial charge in [-0.1, -0.05) is 0 Å². The predicted octanol–water partition coefficient (Wildman–Crippen LogP) is 3.70. The molecule has 0 N–H and O–H groups in total. The fraction of sp³-hybridized carbons (Fsp3) is 0. The van der Waals surface area contributed by atoms with E-state index >= 15 is 0 Å². The smallest absolute Gasteiger partial charge is 0.287 e. The number of Topliss-reactive ketones (excluding diaryl/α,β-unsaturated/α-hetero) is 1. The zero-order valence-electron chi connectivity index (χ0n) is 14.5. The molecule has 0 spiro atoms. The van der Waals surface area contributed by atoms with Gasteiger partial charge in [-0.3, -0.25) is 4.79 Å². The van der Waals surface area contributed by atoms with Crippen molar-refractivity contribution in [2.24, 2.45) is 0 Å². The number of allylic oxidation sites excluding steroid dienone is 2. The molecule has 10 radical (unpaired) electrons. The number of carbonyl (C=O) groups excluding carboxylic acids is 1. The van der Waals surface area contributed by atoms with Crippen LogP contribution in [-0.2, 0) is 17.1 Å². The van der Waals surface area contributed by atoms with Gasteiger partial charge in [0.2, 0.25) is 5.78 Å². The van der Waals surface area contributed by atoms with Crippen molar-refractivity contribution in [3.8, 4) is 0 Å². The van der Waals surface area contributed by atoms with Crippen LogP contribution in [0.5, 0.6) is 0 Å². The van der Waals surface area contributed by atoms with E-state index in [1.807, 2.05) is 44.9 Å². The van der Waals surface area contributed by atoms with Crippen molar-refractivity contribution >= 4 is 11.5 Å². The summed E-state index contributed by atoms with van der Waals surface area (Å²) in [4.78, 5) is 16.4. The van der Waals surface area contributed by atoms with Crippen LogP contribution >= 0.6 is 0 Å². The van der Waals surface area contributed by atoms with E-state index in [0.717, 1.165) is 18.1 Å². The quantitative estimate of drug-likeness (QED) is 0.432. The maximum absolute atomic E-state index is 13.8. The van der Waals surface area contributed by atoms with Gasteiger partial charge in [-0.25, -0.2) is 18.4 Å². The molecule has 2 aliphatic rings. The molecule has 2 aliphatic carbocycles. The molecule has 0 aliphatic heterocycles. The molecule has 140 valence electrons. The molecular formula is C21H15F2FeN3O+2. The Kier molecular flexibility index (Phi) is 8.99. The van der Waals surface area contributed by atoms with Gasteiger partial charge < -0.3 is 0 Å². The Morgan fingerprint density at radius 1 is 0.964 bits per heavy atom. The number of halogens is 2. The zero-order valence-corrected chi connectivity index (χ0v) is 15.6. The number of nitrogens with zero attached hydrogens (tertiary/aromatic N) is 3. The Labute approximate surface area is 174 Å². The predicted molar refractivity (Wildman–Crippen MR) is 96.9 cm³/mol. The van der Waals surface area contributed by atoms with Gasteiger partial charge in [0.25, 0.3) is 0 Å². The Bertz CT molecular complexity index is 775. The molecule has 1 aromatic heterocycles. The summed E-state index contributed by atoms with van der Waals surface area (Å²) in [6, 6.07) is 2.83. The van der Waals surface area contributed by atoms with Crippen LogP contribution in [-0.4, -0.2) is 20.5 Å². The van der Waals surface area contributed by atoms with E-state index < -0.39 is 17.4 Å². The average molecular weight is 419 g/mol. The van der Waals surface area contributed by atoms with Gasteiger partial charge in [-0.05, 0) is 76.0 Å². The molecule has 0 unspecified atom stereocenters. The molecule has 2 aromatic rings. The second-order valence-corrected chi connectivity index (χ2v) is 5.50. The van der Waals surface area contributed by atoms with Crippen molar-refractivity contribution < 1.29 is 30.6 Å². The van der Waals surface area contributed by atoms with Crippen molar-refractivity contribution in [1.29, 1.82) is 0 Å². The standard InChI is InChI=1S/C16H10F2N3O.C5H5.Fe/c17-12-5-6-13(14(18)8-12)16(22)15(21-10-19-9-20-21)7-11-3-1-2-4-11;1-2-4-5-3-1;/h1-10H;1-5H;/q;;+2/b15-7-;;. The largest absolute Gasteiger partial charge is 2.00 e. The van der Waals surface area contributed by atoms with E-state index in [-0.39, 0.29) is 28.3 Å². The fourth-order valence-corrected chi connectivity index (χ4v) is 2.34. The van der Waals surface area contributed by atoms with Crippen LogP contribution in [0.1, 0.15) is 10.4 Å². The van der Waals surface area contributed by atoms with E-state index in [2.05, 4.69) is 10.1 Å². The average Bonchev–Trinajstić information content (AvgIpc) is 3.44. The first-order valence-electron chi connectivity index (χ1n) is 8.10. The molecule has 0 saturated heterocycles. The van der Waals surface area contributed by atoms with Crippen molar-refractivity contribution in [3.05, 3.63) is 118 Å². The molecule has 4 rings (SSSR count). The van der Waals surface area contributed by atoms with E-state index in [0.29, 0.717) is 6.07 Å². The Morgan fingerprint density at radius 3 is 2.14 bits per heavy atom. The van der Waals surface area contributed by atoms with Gasteiger partial charge in [0, 0.05) is 12.0 Å². The van der Waals surface area contributed by atoms with Crippen molar-refractivity contribution in [2.45, 2.75) is 0 Å². The summed E-state index contributed by atoms with van der Waals surface area (Å²) in [5.41, 5.74) is -0.107. The first-order valence-corrected chi connectivity index (χ1v) is 8.10. The third-order valence-electron chi connectivity index (χ3n) is 3.62.